The molecule has 1 aromatic heterocycles. The molecule has 1 saturated heterocycles. The number of benzene rings is 2. The first-order valence-electron chi connectivity index (χ1n) is 9.36. The predicted molar refractivity (Wildman–Crippen MR) is 107 cm³/mol. The van der Waals surface area contributed by atoms with Crippen LogP contribution in [0.3, 0.4) is 0 Å². The third kappa shape index (κ3) is 3.69. The van der Waals surface area contributed by atoms with E-state index >= 15 is 0 Å². The molecule has 0 radical (unpaired) electrons. The van der Waals surface area contributed by atoms with E-state index in [0.717, 1.165) is 10.5 Å². The van der Waals surface area contributed by atoms with Gasteiger partial charge in [0.2, 0.25) is 5.91 Å². The predicted octanol–water partition coefficient (Wildman–Crippen LogP) is 3.56. The molecule has 1 aliphatic rings. The van der Waals surface area contributed by atoms with Crippen molar-refractivity contribution >= 4 is 23.4 Å². The Morgan fingerprint density at radius 3 is 2.55 bits per heavy atom. The highest BCUT2D eigenvalue weighted by Crippen LogP contribution is 2.27. The Kier molecular flexibility index (Phi) is 4.99. The lowest BCUT2D eigenvalue weighted by Gasteiger charge is -2.27. The first-order chi connectivity index (χ1) is 14.0. The summed E-state index contributed by atoms with van der Waals surface area (Å²) in [5.74, 6) is -0.503. The van der Waals surface area contributed by atoms with Crippen LogP contribution in [0.5, 0.6) is 0 Å². The van der Waals surface area contributed by atoms with E-state index in [2.05, 4.69) is 0 Å². The van der Waals surface area contributed by atoms with Gasteiger partial charge in [-0.05, 0) is 43.3 Å². The Morgan fingerprint density at radius 2 is 1.86 bits per heavy atom. The molecular weight excluding hydrogens is 368 g/mol. The summed E-state index contributed by atoms with van der Waals surface area (Å²) in [7, 11) is 0. The zero-order chi connectivity index (χ0) is 20.4. The SMILES string of the molecule is Cc1cccc(C(=O)N(Cc2ccco2)C2CC(=O)N(c3ccccc3)C2=O)c1. The molecule has 2 aromatic carbocycles. The van der Waals surface area contributed by atoms with E-state index in [1.165, 1.54) is 11.2 Å². The molecule has 6 nitrogen and oxygen atoms in total. The molecule has 1 unspecified atom stereocenters. The van der Waals surface area contributed by atoms with Gasteiger partial charge in [-0.15, -0.1) is 0 Å². The van der Waals surface area contributed by atoms with Crippen LogP contribution in [0.4, 0.5) is 5.69 Å². The van der Waals surface area contributed by atoms with Crippen molar-refractivity contribution < 1.29 is 18.8 Å². The van der Waals surface area contributed by atoms with Crippen molar-refractivity contribution in [3.63, 3.8) is 0 Å². The fourth-order valence-electron chi connectivity index (χ4n) is 3.55. The second kappa shape index (κ2) is 7.75. The molecule has 6 heteroatoms. The van der Waals surface area contributed by atoms with Crippen LogP contribution in [0.2, 0.25) is 0 Å². The molecule has 0 N–H and O–H groups in total. The molecule has 0 spiro atoms. The average Bonchev–Trinajstić information content (AvgIpc) is 3.34. The van der Waals surface area contributed by atoms with Crippen molar-refractivity contribution in [3.05, 3.63) is 89.9 Å². The summed E-state index contributed by atoms with van der Waals surface area (Å²) < 4.78 is 5.40. The highest BCUT2D eigenvalue weighted by atomic mass is 16.3. The second-order valence-electron chi connectivity index (χ2n) is 7.00. The molecule has 3 aromatic rings. The van der Waals surface area contributed by atoms with Crippen LogP contribution >= 0.6 is 0 Å². The summed E-state index contributed by atoms with van der Waals surface area (Å²) in [4.78, 5) is 41.7. The lowest BCUT2D eigenvalue weighted by molar-refractivity contribution is -0.122. The monoisotopic (exact) mass is 388 g/mol. The van der Waals surface area contributed by atoms with Crippen molar-refractivity contribution in [2.24, 2.45) is 0 Å². The smallest absolute Gasteiger partial charge is 0.257 e. The molecule has 1 fully saturated rings. The van der Waals surface area contributed by atoms with E-state index in [0.29, 0.717) is 17.0 Å². The van der Waals surface area contributed by atoms with Gasteiger partial charge < -0.3 is 9.32 Å². The molecule has 0 saturated carbocycles. The third-order valence-corrected chi connectivity index (χ3v) is 4.95. The highest BCUT2D eigenvalue weighted by molar-refractivity contribution is 6.23. The van der Waals surface area contributed by atoms with Crippen LogP contribution < -0.4 is 4.90 Å². The topological polar surface area (TPSA) is 70.8 Å². The average molecular weight is 388 g/mol. The maximum absolute atomic E-state index is 13.3. The fourth-order valence-corrected chi connectivity index (χ4v) is 3.55. The number of amides is 3. The molecule has 0 bridgehead atoms. The number of para-hydroxylation sites is 1. The number of carbonyl (C=O) groups is 3. The van der Waals surface area contributed by atoms with Crippen molar-refractivity contribution in [3.8, 4) is 0 Å². The summed E-state index contributed by atoms with van der Waals surface area (Å²) in [6.45, 7) is 2.00. The number of aryl methyl sites for hydroxylation is 1. The fraction of sp³-hybridized carbons (Fsp3) is 0.174. The number of carbonyl (C=O) groups excluding carboxylic acids is 3. The van der Waals surface area contributed by atoms with Gasteiger partial charge in [0.25, 0.3) is 11.8 Å². The summed E-state index contributed by atoms with van der Waals surface area (Å²) in [5, 5.41) is 0. The molecule has 29 heavy (non-hydrogen) atoms. The van der Waals surface area contributed by atoms with Crippen molar-refractivity contribution in [1.82, 2.24) is 4.90 Å². The van der Waals surface area contributed by atoms with E-state index in [-0.39, 0.29) is 24.8 Å². The number of hydrogen-bond donors (Lipinski definition) is 0. The normalized spacial score (nSPS) is 16.3. The Bertz CT molecular complexity index is 1040. The van der Waals surface area contributed by atoms with Crippen LogP contribution in [0, 0.1) is 6.92 Å². The van der Waals surface area contributed by atoms with Gasteiger partial charge in [-0.2, -0.15) is 0 Å². The summed E-state index contributed by atoms with van der Waals surface area (Å²) >= 11 is 0. The van der Waals surface area contributed by atoms with Gasteiger partial charge in [0.05, 0.1) is 24.9 Å². The first-order valence-corrected chi connectivity index (χ1v) is 9.36. The van der Waals surface area contributed by atoms with Gasteiger partial charge in [0.15, 0.2) is 0 Å². The van der Waals surface area contributed by atoms with Crippen molar-refractivity contribution in [1.29, 1.82) is 0 Å². The number of hydrogen-bond acceptors (Lipinski definition) is 4. The van der Waals surface area contributed by atoms with Gasteiger partial charge in [-0.25, -0.2) is 4.90 Å². The maximum Gasteiger partial charge on any atom is 0.257 e. The molecule has 1 aliphatic heterocycles. The lowest BCUT2D eigenvalue weighted by atomic mass is 10.1. The van der Waals surface area contributed by atoms with Crippen LogP contribution in [-0.4, -0.2) is 28.7 Å². The van der Waals surface area contributed by atoms with Gasteiger partial charge in [0, 0.05) is 5.56 Å². The zero-order valence-electron chi connectivity index (χ0n) is 15.9. The summed E-state index contributed by atoms with van der Waals surface area (Å²) in [6, 6.07) is 18.5. The Labute approximate surface area is 168 Å². The number of furan rings is 1. The van der Waals surface area contributed by atoms with Gasteiger partial charge >= 0.3 is 0 Å². The quantitative estimate of drug-likeness (QED) is 0.627. The molecular formula is C23H20N2O4. The number of imide groups is 1. The highest BCUT2D eigenvalue weighted by Gasteiger charge is 2.44. The second-order valence-corrected chi connectivity index (χ2v) is 7.00. The van der Waals surface area contributed by atoms with E-state index in [1.807, 2.05) is 19.1 Å². The van der Waals surface area contributed by atoms with Gasteiger partial charge in [-0.3, -0.25) is 14.4 Å². The minimum Gasteiger partial charge on any atom is -0.467 e. The number of anilines is 1. The standard InChI is InChI=1S/C23H20N2O4/c1-16-7-5-8-17(13-16)22(27)24(15-19-11-6-12-29-19)20-14-21(26)25(23(20)28)18-9-3-2-4-10-18/h2-13,20H,14-15H2,1H3. The number of rotatable bonds is 5. The maximum atomic E-state index is 13.3. The zero-order valence-corrected chi connectivity index (χ0v) is 15.9. The van der Waals surface area contributed by atoms with Crippen LogP contribution in [0.1, 0.15) is 28.1 Å². The largest absolute Gasteiger partial charge is 0.467 e. The van der Waals surface area contributed by atoms with E-state index in [4.69, 9.17) is 4.42 Å². The summed E-state index contributed by atoms with van der Waals surface area (Å²) in [6.07, 6.45) is 1.45. The van der Waals surface area contributed by atoms with Crippen LogP contribution in [-0.2, 0) is 16.1 Å². The molecule has 2 heterocycles. The Hall–Kier alpha value is -3.67. The van der Waals surface area contributed by atoms with Crippen molar-refractivity contribution in [2.45, 2.75) is 25.9 Å². The first kappa shape index (κ1) is 18.7. The minimum atomic E-state index is -0.888. The van der Waals surface area contributed by atoms with Gasteiger partial charge in [0.1, 0.15) is 11.8 Å². The molecule has 0 aliphatic carbocycles. The Balaban J connectivity index is 1.68. The molecule has 3 amide bonds. The van der Waals surface area contributed by atoms with E-state index in [9.17, 15) is 14.4 Å². The van der Waals surface area contributed by atoms with E-state index < -0.39 is 11.9 Å². The lowest BCUT2D eigenvalue weighted by Crippen LogP contribution is -2.45. The Morgan fingerprint density at radius 1 is 1.07 bits per heavy atom. The molecule has 4 rings (SSSR count). The van der Waals surface area contributed by atoms with Crippen LogP contribution in [0.25, 0.3) is 0 Å². The number of nitrogens with zero attached hydrogens (tertiary/aromatic N) is 2. The van der Waals surface area contributed by atoms with E-state index in [1.54, 1.807) is 54.6 Å². The third-order valence-electron chi connectivity index (χ3n) is 4.95. The van der Waals surface area contributed by atoms with Crippen molar-refractivity contribution in [2.75, 3.05) is 4.90 Å². The molecule has 1 atom stereocenters. The minimum absolute atomic E-state index is 0.0635. The van der Waals surface area contributed by atoms with Gasteiger partial charge in [-0.1, -0.05) is 35.9 Å². The molecule has 146 valence electrons. The summed E-state index contributed by atoms with van der Waals surface area (Å²) in [5.41, 5.74) is 1.91. The van der Waals surface area contributed by atoms with Crippen LogP contribution in [0.15, 0.2) is 77.4 Å².